The summed E-state index contributed by atoms with van der Waals surface area (Å²) in [6.07, 6.45) is 3.48. The van der Waals surface area contributed by atoms with E-state index in [1.165, 1.54) is 0 Å². The molecule has 0 saturated heterocycles. The van der Waals surface area contributed by atoms with Crippen molar-refractivity contribution < 1.29 is 9.21 Å². The number of hydrogen-bond donors (Lipinski definition) is 1. The van der Waals surface area contributed by atoms with Crippen molar-refractivity contribution in [1.29, 1.82) is 0 Å². The average molecular weight is 231 g/mol. The number of carbonyl (C=O) groups excluding carboxylic acids is 1. The van der Waals surface area contributed by atoms with Gasteiger partial charge in [-0.3, -0.25) is 4.79 Å². The second-order valence-electron chi connectivity index (χ2n) is 4.17. The van der Waals surface area contributed by atoms with E-state index in [-0.39, 0.29) is 11.8 Å². The van der Waals surface area contributed by atoms with Crippen LogP contribution < -0.4 is 5.32 Å². The molecule has 3 nitrogen and oxygen atoms in total. The highest BCUT2D eigenvalue weighted by molar-refractivity contribution is 6.02. The molecule has 0 saturated carbocycles. The van der Waals surface area contributed by atoms with Crippen molar-refractivity contribution in [3.05, 3.63) is 36.1 Å². The monoisotopic (exact) mass is 231 g/mol. The van der Waals surface area contributed by atoms with Crippen LogP contribution in [0.25, 0.3) is 11.0 Å². The zero-order valence-electron chi connectivity index (χ0n) is 10.2. The second-order valence-corrected chi connectivity index (χ2v) is 4.17. The van der Waals surface area contributed by atoms with Gasteiger partial charge in [0.05, 0.1) is 12.3 Å². The number of Topliss-reactive ketones (excluding diaryl/α,β-unsaturated/α-hetero) is 1. The van der Waals surface area contributed by atoms with Crippen LogP contribution in [-0.2, 0) is 0 Å². The molecule has 0 aliphatic rings. The molecule has 1 aromatic heterocycles. The summed E-state index contributed by atoms with van der Waals surface area (Å²) in [5.41, 5.74) is 1.47. The van der Waals surface area contributed by atoms with Crippen LogP contribution >= 0.6 is 0 Å². The van der Waals surface area contributed by atoms with E-state index in [1.54, 1.807) is 6.26 Å². The minimum absolute atomic E-state index is 0.104. The smallest absolute Gasteiger partial charge is 0.179 e. The summed E-state index contributed by atoms with van der Waals surface area (Å²) in [5.74, 6) is 0.132. The molecule has 0 unspecified atom stereocenters. The Balaban J connectivity index is 2.28. The van der Waals surface area contributed by atoms with E-state index in [2.05, 4.69) is 12.2 Å². The van der Waals surface area contributed by atoms with Crippen LogP contribution in [-0.4, -0.2) is 18.9 Å². The molecule has 0 radical (unpaired) electrons. The average Bonchev–Trinajstić information content (AvgIpc) is 2.82. The maximum absolute atomic E-state index is 12.2. The van der Waals surface area contributed by atoms with E-state index < -0.39 is 0 Å². The van der Waals surface area contributed by atoms with Gasteiger partial charge in [0.1, 0.15) is 5.58 Å². The Kier molecular flexibility index (Phi) is 3.59. The van der Waals surface area contributed by atoms with E-state index in [1.807, 2.05) is 31.3 Å². The first-order valence-corrected chi connectivity index (χ1v) is 5.95. The van der Waals surface area contributed by atoms with Crippen molar-refractivity contribution in [1.82, 2.24) is 5.32 Å². The highest BCUT2D eigenvalue weighted by Crippen LogP contribution is 2.18. The normalized spacial score (nSPS) is 12.8. The number of fused-ring (bicyclic) bond motifs is 1. The van der Waals surface area contributed by atoms with Crippen LogP contribution in [0.1, 0.15) is 30.1 Å². The number of benzene rings is 1. The Morgan fingerprint density at radius 3 is 2.94 bits per heavy atom. The third-order valence-electron chi connectivity index (χ3n) is 2.98. The van der Waals surface area contributed by atoms with E-state index in [4.69, 9.17) is 4.42 Å². The molecule has 0 aliphatic heterocycles. The molecule has 17 heavy (non-hydrogen) atoms. The highest BCUT2D eigenvalue weighted by Gasteiger charge is 2.17. The lowest BCUT2D eigenvalue weighted by Gasteiger charge is -2.13. The molecule has 0 fully saturated rings. The molecule has 2 rings (SSSR count). The lowest BCUT2D eigenvalue weighted by Crippen LogP contribution is -2.33. The van der Waals surface area contributed by atoms with Crippen molar-refractivity contribution in [3.63, 3.8) is 0 Å². The SMILES string of the molecule is CCC[C@@H](NC)C(=O)c1ccc2ccoc2c1. The maximum atomic E-state index is 12.2. The molecule has 0 aliphatic carbocycles. The molecule has 1 aromatic carbocycles. The first kappa shape index (κ1) is 11.9. The van der Waals surface area contributed by atoms with Crippen molar-refractivity contribution in [2.45, 2.75) is 25.8 Å². The van der Waals surface area contributed by atoms with E-state index in [0.29, 0.717) is 5.56 Å². The molecule has 3 heteroatoms. The van der Waals surface area contributed by atoms with Crippen LogP contribution in [0.5, 0.6) is 0 Å². The third-order valence-corrected chi connectivity index (χ3v) is 2.98. The Hall–Kier alpha value is -1.61. The number of furan rings is 1. The number of hydrogen-bond acceptors (Lipinski definition) is 3. The molecule has 1 N–H and O–H groups in total. The zero-order valence-corrected chi connectivity index (χ0v) is 10.2. The van der Waals surface area contributed by atoms with Crippen molar-refractivity contribution in [3.8, 4) is 0 Å². The Morgan fingerprint density at radius 1 is 1.41 bits per heavy atom. The Labute approximate surface area is 101 Å². The first-order valence-electron chi connectivity index (χ1n) is 5.95. The zero-order chi connectivity index (χ0) is 12.3. The van der Waals surface area contributed by atoms with Gasteiger partial charge >= 0.3 is 0 Å². The fourth-order valence-electron chi connectivity index (χ4n) is 2.00. The molecular weight excluding hydrogens is 214 g/mol. The maximum Gasteiger partial charge on any atom is 0.179 e. The van der Waals surface area contributed by atoms with Crippen molar-refractivity contribution >= 4 is 16.8 Å². The molecule has 2 aromatic rings. The largest absolute Gasteiger partial charge is 0.464 e. The van der Waals surface area contributed by atoms with Gasteiger partial charge in [0.25, 0.3) is 0 Å². The molecule has 0 bridgehead atoms. The van der Waals surface area contributed by atoms with Gasteiger partial charge in [-0.05, 0) is 25.6 Å². The minimum Gasteiger partial charge on any atom is -0.464 e. The summed E-state index contributed by atoms with van der Waals surface area (Å²) >= 11 is 0. The number of rotatable bonds is 5. The number of nitrogens with one attached hydrogen (secondary N) is 1. The molecule has 0 spiro atoms. The molecule has 1 heterocycles. The second kappa shape index (κ2) is 5.15. The van der Waals surface area contributed by atoms with Crippen LogP contribution in [0.2, 0.25) is 0 Å². The van der Waals surface area contributed by atoms with Gasteiger partial charge in [0.2, 0.25) is 0 Å². The molecule has 1 atom stereocenters. The molecular formula is C14H17NO2. The van der Waals surface area contributed by atoms with Crippen LogP contribution in [0.15, 0.2) is 34.9 Å². The lowest BCUT2D eigenvalue weighted by atomic mass is 10.00. The number of ketones is 1. The van der Waals surface area contributed by atoms with Gasteiger partial charge < -0.3 is 9.73 Å². The van der Waals surface area contributed by atoms with Crippen LogP contribution in [0, 0.1) is 0 Å². The van der Waals surface area contributed by atoms with E-state index >= 15 is 0 Å². The fourth-order valence-corrected chi connectivity index (χ4v) is 2.00. The van der Waals surface area contributed by atoms with Gasteiger partial charge in [-0.25, -0.2) is 0 Å². The summed E-state index contributed by atoms with van der Waals surface area (Å²) in [6, 6.07) is 7.39. The number of likely N-dealkylation sites (N-methyl/N-ethyl adjacent to an activating group) is 1. The minimum atomic E-state index is -0.104. The van der Waals surface area contributed by atoms with Gasteiger partial charge in [-0.2, -0.15) is 0 Å². The Morgan fingerprint density at radius 2 is 2.24 bits per heavy atom. The quantitative estimate of drug-likeness (QED) is 0.804. The van der Waals surface area contributed by atoms with Crippen LogP contribution in [0.3, 0.4) is 0 Å². The highest BCUT2D eigenvalue weighted by atomic mass is 16.3. The van der Waals surface area contributed by atoms with Gasteiger partial charge in [0, 0.05) is 10.9 Å². The van der Waals surface area contributed by atoms with Gasteiger partial charge in [0.15, 0.2) is 5.78 Å². The summed E-state index contributed by atoms with van der Waals surface area (Å²) < 4.78 is 5.31. The summed E-state index contributed by atoms with van der Waals surface area (Å²) in [6.45, 7) is 2.08. The van der Waals surface area contributed by atoms with Crippen LogP contribution in [0.4, 0.5) is 0 Å². The van der Waals surface area contributed by atoms with Gasteiger partial charge in [-0.15, -0.1) is 0 Å². The summed E-state index contributed by atoms with van der Waals surface area (Å²) in [4.78, 5) is 12.2. The van der Waals surface area contributed by atoms with Gasteiger partial charge in [-0.1, -0.05) is 25.5 Å². The first-order chi connectivity index (χ1) is 8.26. The van der Waals surface area contributed by atoms with Crippen molar-refractivity contribution in [2.24, 2.45) is 0 Å². The molecule has 90 valence electrons. The van der Waals surface area contributed by atoms with E-state index in [9.17, 15) is 4.79 Å². The van der Waals surface area contributed by atoms with Crippen molar-refractivity contribution in [2.75, 3.05) is 7.05 Å². The standard InChI is InChI=1S/C14H17NO2/c1-3-4-12(15-2)14(16)11-6-5-10-7-8-17-13(10)9-11/h5-9,12,15H,3-4H2,1-2H3/t12-/m1/s1. The topological polar surface area (TPSA) is 42.2 Å². The lowest BCUT2D eigenvalue weighted by molar-refractivity contribution is 0.0942. The summed E-state index contributed by atoms with van der Waals surface area (Å²) in [5, 5.41) is 4.09. The predicted octanol–water partition coefficient (Wildman–Crippen LogP) is 3.00. The number of carbonyl (C=O) groups is 1. The molecule has 0 amide bonds. The predicted molar refractivity (Wildman–Crippen MR) is 68.3 cm³/mol. The summed E-state index contributed by atoms with van der Waals surface area (Å²) in [7, 11) is 1.82. The third kappa shape index (κ3) is 2.39. The fraction of sp³-hybridized carbons (Fsp3) is 0.357. The van der Waals surface area contributed by atoms with E-state index in [0.717, 1.165) is 23.8 Å². The Bertz CT molecular complexity index is 516.